The maximum Gasteiger partial charge on any atom is 0.138 e. The average Bonchev–Trinajstić information content (AvgIpc) is 1.54. The Morgan fingerprint density at radius 3 is 0.656 bits per heavy atom. The van der Waals surface area contributed by atoms with Crippen LogP contribution in [-0.4, -0.2) is 46.5 Å². The lowest BCUT2D eigenvalue weighted by Gasteiger charge is -2.14. The Morgan fingerprint density at radius 1 is 0.133 bits per heavy atom. The highest BCUT2D eigenvalue weighted by Gasteiger charge is 2.28. The van der Waals surface area contributed by atoms with E-state index in [0.717, 1.165) is 156 Å². The smallest absolute Gasteiger partial charge is 0.138 e. The molecule has 0 saturated carbocycles. The zero-order valence-corrected chi connectivity index (χ0v) is 69.0. The van der Waals surface area contributed by atoms with Crippen LogP contribution >= 0.6 is 0 Å². The van der Waals surface area contributed by atoms with Gasteiger partial charge in [-0.05, 0) is 204 Å². The van der Waals surface area contributed by atoms with Crippen molar-refractivity contribution in [2.75, 3.05) is 0 Å². The number of benzene rings is 18. The van der Waals surface area contributed by atoms with Crippen molar-refractivity contribution in [3.05, 3.63) is 437 Å². The molecular weight excluding hydrogens is 1560 g/mol. The molecule has 28 aromatic rings. The number of hydrogen-bond donors (Lipinski definition) is 0. The molecule has 10 heteroatoms. The van der Waals surface area contributed by atoms with Crippen molar-refractivity contribution in [3.63, 3.8) is 0 Å². The number of aromatic nitrogens is 10. The molecule has 0 aliphatic carbocycles. The fourth-order valence-corrected chi connectivity index (χ4v) is 22.0. The van der Waals surface area contributed by atoms with Gasteiger partial charge in [-0.1, -0.05) is 255 Å². The normalized spacial score (nSPS) is 12.2. The first-order valence-electron chi connectivity index (χ1n) is 43.9. The predicted octanol–water partition coefficient (Wildman–Crippen LogP) is 30.3. The molecule has 10 aromatic heterocycles. The van der Waals surface area contributed by atoms with Crippen LogP contribution < -0.4 is 0 Å². The van der Waals surface area contributed by atoms with E-state index < -0.39 is 0 Å². The Morgan fingerprint density at radius 2 is 0.352 bits per heavy atom. The van der Waals surface area contributed by atoms with E-state index in [2.05, 4.69) is 473 Å². The summed E-state index contributed by atoms with van der Waals surface area (Å²) < 4.78 is 19.4. The maximum absolute atomic E-state index is 5.58. The average molecular weight is 1630 g/mol. The Kier molecular flexibility index (Phi) is 14.9. The predicted molar refractivity (Wildman–Crippen MR) is 533 cm³/mol. The van der Waals surface area contributed by atoms with Gasteiger partial charge in [0.25, 0.3) is 0 Å². The third-order valence-electron chi connectivity index (χ3n) is 27.2. The number of para-hydroxylation sites is 10. The molecule has 0 bridgehead atoms. The van der Waals surface area contributed by atoms with Gasteiger partial charge in [0.1, 0.15) is 11.6 Å². The minimum atomic E-state index is 0.778. The van der Waals surface area contributed by atoms with Crippen molar-refractivity contribution < 1.29 is 0 Å². The SMILES string of the molecule is c1cc(-c2cccc(-n3c4ccccc4c4c(-n5c6ccccc6c6cc(-c7ccc8c(c7)c7ccccc7n8-c7cccc8c7c7ccccc7n8-c7cccc(-c8cccc(-n9c%10ccccc%10c%10c(-n%11c%12ccccc%12c%12ccccc%12%11)cccc%109)n8)n7)ccc65)cccc43)c2)cc(-n2c3ccccc3c3c(-n4c5ccccc5c5ccccc54)cccc32)c1. The van der Waals surface area contributed by atoms with E-state index in [1.165, 1.54) is 97.8 Å². The van der Waals surface area contributed by atoms with Crippen LogP contribution in [0.3, 0.4) is 0 Å². The van der Waals surface area contributed by atoms with Crippen molar-refractivity contribution in [1.29, 1.82) is 0 Å². The Balaban J connectivity index is 0.526. The second kappa shape index (κ2) is 27.1. The molecule has 0 spiro atoms. The van der Waals surface area contributed by atoms with Crippen LogP contribution in [0.4, 0.5) is 0 Å². The van der Waals surface area contributed by atoms with Crippen molar-refractivity contribution in [2.45, 2.75) is 0 Å². The monoisotopic (exact) mass is 1630 g/mol. The highest BCUT2D eigenvalue weighted by Crippen LogP contribution is 2.48. The van der Waals surface area contributed by atoms with Crippen molar-refractivity contribution in [1.82, 2.24) is 46.5 Å². The third kappa shape index (κ3) is 10.0. The van der Waals surface area contributed by atoms with Crippen LogP contribution in [0.1, 0.15) is 0 Å². The number of nitrogens with zero attached hydrogens (tertiary/aromatic N) is 10. The Labute approximate surface area is 732 Å². The second-order valence-corrected chi connectivity index (χ2v) is 33.9. The summed E-state index contributed by atoms with van der Waals surface area (Å²) in [5.74, 6) is 1.63. The van der Waals surface area contributed by atoms with Gasteiger partial charge in [0.2, 0.25) is 0 Å². The van der Waals surface area contributed by atoms with Gasteiger partial charge in [-0.25, -0.2) is 9.97 Å². The summed E-state index contributed by atoms with van der Waals surface area (Å²) in [5.41, 5.74) is 31.0. The van der Waals surface area contributed by atoms with Crippen molar-refractivity contribution >= 4 is 174 Å². The molecule has 0 amide bonds. The number of fused-ring (bicyclic) bond motifs is 24. The Hall–Kier alpha value is -17.3. The summed E-state index contributed by atoms with van der Waals surface area (Å²) in [5, 5.41) is 19.2. The molecule has 0 aliphatic rings. The highest BCUT2D eigenvalue weighted by molar-refractivity contribution is 6.22. The van der Waals surface area contributed by atoms with Crippen LogP contribution in [0.5, 0.6) is 0 Å². The Bertz CT molecular complexity index is 8980. The van der Waals surface area contributed by atoms with Crippen molar-refractivity contribution in [3.8, 4) is 79.4 Å². The molecule has 0 atom stereocenters. The van der Waals surface area contributed by atoms with Crippen LogP contribution in [0.2, 0.25) is 0 Å². The molecule has 0 aliphatic heterocycles. The van der Waals surface area contributed by atoms with Gasteiger partial charge in [0.05, 0.1) is 122 Å². The first-order chi connectivity index (χ1) is 63.6. The van der Waals surface area contributed by atoms with Gasteiger partial charge in [-0.3, -0.25) is 9.13 Å². The zero-order chi connectivity index (χ0) is 83.5. The zero-order valence-electron chi connectivity index (χ0n) is 69.0. The van der Waals surface area contributed by atoms with E-state index in [-0.39, 0.29) is 0 Å². The summed E-state index contributed by atoms with van der Waals surface area (Å²) in [7, 11) is 0. The fourth-order valence-electron chi connectivity index (χ4n) is 22.0. The molecule has 0 fully saturated rings. The maximum atomic E-state index is 5.58. The topological polar surface area (TPSA) is 65.2 Å². The first kappa shape index (κ1) is 70.2. The molecule has 28 rings (SSSR count). The molecule has 0 radical (unpaired) electrons. The minimum absolute atomic E-state index is 0.778. The van der Waals surface area contributed by atoms with Gasteiger partial charge < -0.3 is 27.4 Å². The molecule has 128 heavy (non-hydrogen) atoms. The van der Waals surface area contributed by atoms with Gasteiger partial charge >= 0.3 is 0 Å². The number of pyridine rings is 2. The molecule has 0 unspecified atom stereocenters. The molecule has 18 aromatic carbocycles. The first-order valence-corrected chi connectivity index (χ1v) is 43.9. The summed E-state index contributed by atoms with van der Waals surface area (Å²) in [6, 6.07) is 160. The van der Waals surface area contributed by atoms with Crippen LogP contribution in [0.25, 0.3) is 254 Å². The van der Waals surface area contributed by atoms with Crippen molar-refractivity contribution in [2.24, 2.45) is 0 Å². The quantitative estimate of drug-likeness (QED) is 0.130. The van der Waals surface area contributed by atoms with E-state index in [1.54, 1.807) is 0 Å². The van der Waals surface area contributed by atoms with Gasteiger partial charge in [-0.2, -0.15) is 0 Å². The largest absolute Gasteiger partial charge is 0.309 e. The second-order valence-electron chi connectivity index (χ2n) is 33.9. The summed E-state index contributed by atoms with van der Waals surface area (Å²) in [4.78, 5) is 11.1. The van der Waals surface area contributed by atoms with Crippen LogP contribution in [0, 0.1) is 0 Å². The molecule has 10 heterocycles. The lowest BCUT2D eigenvalue weighted by atomic mass is 10.0. The van der Waals surface area contributed by atoms with E-state index in [4.69, 9.17) is 9.97 Å². The molecule has 0 N–H and O–H groups in total. The van der Waals surface area contributed by atoms with E-state index in [9.17, 15) is 0 Å². The summed E-state index contributed by atoms with van der Waals surface area (Å²) in [6.07, 6.45) is 0. The standard InChI is InChI=1S/C118H72N10/c1-11-45-93-79(33-1)80-34-2-12-46-94(80)123(93)107-57-25-55-105-115(107)85-39-7-17-51-99(85)121(105)77-31-21-29-73(69-77)74-30-22-32-78(70-74)122-100-52-18-8-40-86(100)116-106(122)56-26-58-108(116)125-97-49-15-5-37-83(97)89-71-75(65-67-103(89)125)76-66-68-104-90(72-76)84-38-6-16-50-98(84)126(104)110-60-28-62-112-118(110)88-42-10-20-54-102(88)128(112)114-64-24-44-92(120-114)91-43-23-63-113(119-91)127-101-53-19-9-41-87(101)117-109(59-27-61-111(117)127)124-95-47-13-3-35-81(95)82-36-4-14-48-96(82)124/h1-72H. The van der Waals surface area contributed by atoms with Crippen LogP contribution in [-0.2, 0) is 0 Å². The van der Waals surface area contributed by atoms with E-state index >= 15 is 0 Å². The van der Waals surface area contributed by atoms with Gasteiger partial charge in [-0.15, -0.1) is 0 Å². The molecule has 0 saturated heterocycles. The minimum Gasteiger partial charge on any atom is -0.309 e. The number of hydrogen-bond acceptors (Lipinski definition) is 2. The molecule has 594 valence electrons. The molecular formula is C118H72N10. The third-order valence-corrected chi connectivity index (χ3v) is 27.2. The van der Waals surface area contributed by atoms with Gasteiger partial charge in [0.15, 0.2) is 0 Å². The van der Waals surface area contributed by atoms with E-state index in [0.29, 0.717) is 0 Å². The van der Waals surface area contributed by atoms with Gasteiger partial charge in [0, 0.05) is 97.6 Å². The fraction of sp³-hybridized carbons (Fsp3) is 0. The lowest BCUT2D eigenvalue weighted by molar-refractivity contribution is 1.05. The molecule has 10 nitrogen and oxygen atoms in total. The van der Waals surface area contributed by atoms with E-state index in [1.807, 2.05) is 0 Å². The number of rotatable bonds is 11. The van der Waals surface area contributed by atoms with Crippen LogP contribution in [0.15, 0.2) is 437 Å². The lowest BCUT2D eigenvalue weighted by Crippen LogP contribution is -2.02. The highest BCUT2D eigenvalue weighted by atomic mass is 15.1. The summed E-state index contributed by atoms with van der Waals surface area (Å²) in [6.45, 7) is 0. The summed E-state index contributed by atoms with van der Waals surface area (Å²) >= 11 is 0.